The molecule has 2 aromatic carbocycles. The number of nitrogens with one attached hydrogen (secondary N) is 1. The van der Waals surface area contributed by atoms with E-state index in [1.54, 1.807) is 0 Å². The number of aryl methyl sites for hydroxylation is 2. The van der Waals surface area contributed by atoms with Gasteiger partial charge in [-0.1, -0.05) is 29.8 Å². The average Bonchev–Trinajstić information content (AvgIpc) is 3.05. The van der Waals surface area contributed by atoms with Crippen LogP contribution < -0.4 is 10.2 Å². The molecule has 1 fully saturated rings. The number of benzene rings is 2. The van der Waals surface area contributed by atoms with Crippen molar-refractivity contribution in [1.29, 1.82) is 0 Å². The Balaban J connectivity index is 1.75. The smallest absolute Gasteiger partial charge is 0.228 e. The molecule has 126 valence electrons. The average molecular weight is 343 g/mol. The van der Waals surface area contributed by atoms with Crippen LogP contribution in [0.2, 0.25) is 5.02 Å². The van der Waals surface area contributed by atoms with E-state index in [9.17, 15) is 4.79 Å². The van der Waals surface area contributed by atoms with Crippen molar-refractivity contribution >= 4 is 28.9 Å². The van der Waals surface area contributed by atoms with Crippen LogP contribution >= 0.6 is 11.6 Å². The van der Waals surface area contributed by atoms with Gasteiger partial charge in [-0.25, -0.2) is 0 Å². The normalized spacial score (nSPS) is 14.0. The third-order valence-electron chi connectivity index (χ3n) is 4.62. The van der Waals surface area contributed by atoms with Crippen molar-refractivity contribution in [2.45, 2.75) is 33.1 Å². The Morgan fingerprint density at radius 1 is 1.08 bits per heavy atom. The first-order valence-electron chi connectivity index (χ1n) is 8.43. The largest absolute Gasteiger partial charge is 0.370 e. The van der Waals surface area contributed by atoms with E-state index >= 15 is 0 Å². The second-order valence-corrected chi connectivity index (χ2v) is 6.94. The molecule has 0 atom stereocenters. The van der Waals surface area contributed by atoms with Gasteiger partial charge in [0.1, 0.15) is 0 Å². The van der Waals surface area contributed by atoms with E-state index in [0.717, 1.165) is 30.0 Å². The Kier molecular flexibility index (Phi) is 5.10. The number of carbonyl (C=O) groups excluding carboxylic acids is 1. The summed E-state index contributed by atoms with van der Waals surface area (Å²) in [7, 11) is 0. The molecular formula is C20H23ClN2O. The van der Waals surface area contributed by atoms with Crippen LogP contribution in [0.25, 0.3) is 0 Å². The predicted molar refractivity (Wildman–Crippen MR) is 101 cm³/mol. The van der Waals surface area contributed by atoms with Crippen LogP contribution in [0.4, 0.5) is 11.4 Å². The molecule has 1 saturated heterocycles. The fourth-order valence-electron chi connectivity index (χ4n) is 3.14. The van der Waals surface area contributed by atoms with Gasteiger partial charge in [-0.05, 0) is 61.6 Å². The predicted octanol–water partition coefficient (Wildman–Crippen LogP) is 4.74. The third-order valence-corrected chi connectivity index (χ3v) is 4.85. The summed E-state index contributed by atoms with van der Waals surface area (Å²) in [6, 6.07) is 11.9. The number of hydrogen-bond acceptors (Lipinski definition) is 2. The molecule has 3 nitrogen and oxygen atoms in total. The van der Waals surface area contributed by atoms with Crippen molar-refractivity contribution in [3.63, 3.8) is 0 Å². The lowest BCUT2D eigenvalue weighted by atomic mass is 10.0. The zero-order valence-corrected chi connectivity index (χ0v) is 15.0. The van der Waals surface area contributed by atoms with E-state index in [0.29, 0.717) is 11.4 Å². The Hall–Kier alpha value is -2.00. The lowest BCUT2D eigenvalue weighted by Crippen LogP contribution is -2.21. The summed E-state index contributed by atoms with van der Waals surface area (Å²) >= 11 is 6.14. The number of carbonyl (C=O) groups is 1. The van der Waals surface area contributed by atoms with Crippen molar-refractivity contribution in [2.75, 3.05) is 23.3 Å². The molecule has 3 rings (SSSR count). The molecule has 0 saturated carbocycles. The zero-order valence-electron chi connectivity index (χ0n) is 14.2. The molecule has 1 heterocycles. The molecule has 0 aliphatic carbocycles. The van der Waals surface area contributed by atoms with Gasteiger partial charge in [-0.2, -0.15) is 0 Å². The van der Waals surface area contributed by atoms with Crippen molar-refractivity contribution in [3.05, 3.63) is 58.1 Å². The Bertz CT molecular complexity index is 751. The summed E-state index contributed by atoms with van der Waals surface area (Å²) in [5, 5.41) is 3.68. The molecule has 1 aliphatic rings. The van der Waals surface area contributed by atoms with E-state index in [1.807, 2.05) is 24.3 Å². The monoisotopic (exact) mass is 342 g/mol. The topological polar surface area (TPSA) is 32.3 Å². The minimum Gasteiger partial charge on any atom is -0.370 e. The molecule has 0 aromatic heterocycles. The molecule has 0 bridgehead atoms. The fraction of sp³-hybridized carbons (Fsp3) is 0.350. The number of hydrogen-bond donors (Lipinski definition) is 1. The van der Waals surface area contributed by atoms with Gasteiger partial charge in [-0.3, -0.25) is 4.79 Å². The SMILES string of the molecule is Cc1ccc(CC(=O)Nc2cc(Cl)ccc2N2CCCC2)cc1C. The second kappa shape index (κ2) is 7.27. The first kappa shape index (κ1) is 16.8. The van der Waals surface area contributed by atoms with E-state index in [1.165, 1.54) is 24.0 Å². The van der Waals surface area contributed by atoms with Crippen molar-refractivity contribution in [1.82, 2.24) is 0 Å². The van der Waals surface area contributed by atoms with E-state index < -0.39 is 0 Å². The van der Waals surface area contributed by atoms with Gasteiger partial charge in [0.25, 0.3) is 0 Å². The van der Waals surface area contributed by atoms with Crippen LogP contribution in [0.1, 0.15) is 29.5 Å². The highest BCUT2D eigenvalue weighted by Crippen LogP contribution is 2.31. The summed E-state index contributed by atoms with van der Waals surface area (Å²) in [4.78, 5) is 14.8. The summed E-state index contributed by atoms with van der Waals surface area (Å²) < 4.78 is 0. The van der Waals surface area contributed by atoms with Gasteiger partial charge in [0.2, 0.25) is 5.91 Å². The van der Waals surface area contributed by atoms with Gasteiger partial charge in [0, 0.05) is 18.1 Å². The Morgan fingerprint density at radius 3 is 2.54 bits per heavy atom. The van der Waals surface area contributed by atoms with Gasteiger partial charge < -0.3 is 10.2 Å². The highest BCUT2D eigenvalue weighted by molar-refractivity contribution is 6.31. The highest BCUT2D eigenvalue weighted by atomic mass is 35.5. The van der Waals surface area contributed by atoms with Crippen LogP contribution in [0.5, 0.6) is 0 Å². The maximum Gasteiger partial charge on any atom is 0.228 e. The fourth-order valence-corrected chi connectivity index (χ4v) is 3.31. The quantitative estimate of drug-likeness (QED) is 0.870. The van der Waals surface area contributed by atoms with Crippen LogP contribution in [0.3, 0.4) is 0 Å². The molecular weight excluding hydrogens is 320 g/mol. The maximum absolute atomic E-state index is 12.5. The van der Waals surface area contributed by atoms with Crippen LogP contribution in [0, 0.1) is 13.8 Å². The maximum atomic E-state index is 12.5. The standard InChI is InChI=1S/C20H23ClN2O/c1-14-5-6-16(11-15(14)2)12-20(24)22-18-13-17(21)7-8-19(18)23-9-3-4-10-23/h5-8,11,13H,3-4,9-10,12H2,1-2H3,(H,22,24). The van der Waals surface area contributed by atoms with Crippen LogP contribution in [0.15, 0.2) is 36.4 Å². The Labute approximate surface area is 148 Å². The van der Waals surface area contributed by atoms with E-state index in [-0.39, 0.29) is 5.91 Å². The van der Waals surface area contributed by atoms with Gasteiger partial charge in [0.15, 0.2) is 0 Å². The highest BCUT2D eigenvalue weighted by Gasteiger charge is 2.17. The van der Waals surface area contributed by atoms with Crippen LogP contribution in [-0.4, -0.2) is 19.0 Å². The molecule has 1 aliphatic heterocycles. The summed E-state index contributed by atoms with van der Waals surface area (Å²) in [6.45, 7) is 6.20. The van der Waals surface area contributed by atoms with Crippen LogP contribution in [-0.2, 0) is 11.2 Å². The lowest BCUT2D eigenvalue weighted by Gasteiger charge is -2.22. The number of amides is 1. The summed E-state index contributed by atoms with van der Waals surface area (Å²) in [5.41, 5.74) is 5.34. The van der Waals surface area contributed by atoms with E-state index in [4.69, 9.17) is 11.6 Å². The van der Waals surface area contributed by atoms with Crippen molar-refractivity contribution < 1.29 is 4.79 Å². The van der Waals surface area contributed by atoms with Crippen molar-refractivity contribution in [2.24, 2.45) is 0 Å². The summed E-state index contributed by atoms with van der Waals surface area (Å²) in [6.07, 6.45) is 2.75. The third kappa shape index (κ3) is 3.90. The minimum atomic E-state index is -0.0130. The first-order valence-corrected chi connectivity index (χ1v) is 8.81. The van der Waals surface area contributed by atoms with Gasteiger partial charge >= 0.3 is 0 Å². The molecule has 4 heteroatoms. The molecule has 2 aromatic rings. The minimum absolute atomic E-state index is 0.0130. The lowest BCUT2D eigenvalue weighted by molar-refractivity contribution is -0.115. The first-order chi connectivity index (χ1) is 11.5. The number of anilines is 2. The molecule has 0 spiro atoms. The number of halogens is 1. The molecule has 0 radical (unpaired) electrons. The molecule has 24 heavy (non-hydrogen) atoms. The number of nitrogens with zero attached hydrogens (tertiary/aromatic N) is 1. The molecule has 0 unspecified atom stereocenters. The second-order valence-electron chi connectivity index (χ2n) is 6.50. The van der Waals surface area contributed by atoms with Gasteiger partial charge in [0.05, 0.1) is 17.8 Å². The zero-order chi connectivity index (χ0) is 17.1. The molecule has 1 N–H and O–H groups in total. The summed E-state index contributed by atoms with van der Waals surface area (Å²) in [5.74, 6) is -0.0130. The van der Waals surface area contributed by atoms with Crippen molar-refractivity contribution in [3.8, 4) is 0 Å². The number of rotatable bonds is 4. The van der Waals surface area contributed by atoms with E-state index in [2.05, 4.69) is 36.2 Å². The van der Waals surface area contributed by atoms with Gasteiger partial charge in [-0.15, -0.1) is 0 Å². The molecule has 1 amide bonds. The Morgan fingerprint density at radius 2 is 1.83 bits per heavy atom.